The van der Waals surface area contributed by atoms with E-state index in [0.717, 1.165) is 11.8 Å². The van der Waals surface area contributed by atoms with E-state index in [2.05, 4.69) is 46.9 Å². The average Bonchev–Trinajstić information content (AvgIpc) is 2.01. The summed E-state index contributed by atoms with van der Waals surface area (Å²) >= 11 is 0. The van der Waals surface area contributed by atoms with E-state index in [4.69, 9.17) is 0 Å². The van der Waals surface area contributed by atoms with Crippen LogP contribution < -0.4 is 5.32 Å². The average molecular weight is 197 g/mol. The fraction of sp³-hybridized carbons (Fsp3) is 1.00. The highest BCUT2D eigenvalue weighted by Gasteiger charge is 2.35. The first-order valence-electron chi connectivity index (χ1n) is 5.92. The SMILES string of the molecule is CC(C)(C)C1CNCC(C(C)(C)C)C1. The van der Waals surface area contributed by atoms with Gasteiger partial charge in [0, 0.05) is 0 Å². The number of piperidine rings is 1. The minimum absolute atomic E-state index is 0.455. The lowest BCUT2D eigenvalue weighted by atomic mass is 9.68. The summed E-state index contributed by atoms with van der Waals surface area (Å²) in [6, 6.07) is 0. The molecule has 1 rings (SSSR count). The van der Waals surface area contributed by atoms with Crippen LogP contribution in [0.15, 0.2) is 0 Å². The summed E-state index contributed by atoms with van der Waals surface area (Å²) in [5.74, 6) is 1.67. The van der Waals surface area contributed by atoms with E-state index in [1.54, 1.807) is 0 Å². The van der Waals surface area contributed by atoms with Gasteiger partial charge in [-0.05, 0) is 42.2 Å². The molecule has 0 amide bonds. The molecule has 1 N–H and O–H groups in total. The smallest absolute Gasteiger partial charge is 0.00153 e. The third-order valence-electron chi connectivity index (χ3n) is 3.80. The molecule has 1 fully saturated rings. The molecule has 1 aliphatic heterocycles. The molecule has 84 valence electrons. The minimum Gasteiger partial charge on any atom is -0.316 e. The number of rotatable bonds is 0. The second-order valence-electron chi connectivity index (χ2n) is 7.02. The van der Waals surface area contributed by atoms with Gasteiger partial charge in [0.05, 0.1) is 0 Å². The second-order valence-corrected chi connectivity index (χ2v) is 7.02. The predicted octanol–water partition coefficient (Wildman–Crippen LogP) is 3.30. The largest absolute Gasteiger partial charge is 0.316 e. The standard InChI is InChI=1S/C13H27N/c1-12(2,3)10-7-11(9-14-8-10)13(4,5)6/h10-11,14H,7-9H2,1-6H3. The summed E-state index contributed by atoms with van der Waals surface area (Å²) in [4.78, 5) is 0. The van der Waals surface area contributed by atoms with Crippen LogP contribution in [-0.2, 0) is 0 Å². The van der Waals surface area contributed by atoms with Gasteiger partial charge in [-0.1, -0.05) is 41.5 Å². The van der Waals surface area contributed by atoms with Crippen LogP contribution in [0.5, 0.6) is 0 Å². The topological polar surface area (TPSA) is 12.0 Å². The zero-order chi connectivity index (χ0) is 11.0. The van der Waals surface area contributed by atoms with Gasteiger partial charge in [-0.25, -0.2) is 0 Å². The van der Waals surface area contributed by atoms with E-state index < -0.39 is 0 Å². The molecule has 0 radical (unpaired) electrons. The van der Waals surface area contributed by atoms with Crippen molar-refractivity contribution in [3.63, 3.8) is 0 Å². The molecule has 0 aromatic heterocycles. The molecule has 1 aliphatic rings. The van der Waals surface area contributed by atoms with Gasteiger partial charge >= 0.3 is 0 Å². The van der Waals surface area contributed by atoms with Crippen LogP contribution in [0.4, 0.5) is 0 Å². The van der Waals surface area contributed by atoms with Crippen molar-refractivity contribution < 1.29 is 0 Å². The van der Waals surface area contributed by atoms with Gasteiger partial charge in [0.1, 0.15) is 0 Å². The van der Waals surface area contributed by atoms with Crippen molar-refractivity contribution in [2.24, 2.45) is 22.7 Å². The lowest BCUT2D eigenvalue weighted by Gasteiger charge is -2.43. The Morgan fingerprint density at radius 2 is 1.14 bits per heavy atom. The lowest BCUT2D eigenvalue weighted by molar-refractivity contribution is 0.0972. The van der Waals surface area contributed by atoms with Crippen LogP contribution in [0.25, 0.3) is 0 Å². The molecule has 0 bridgehead atoms. The molecule has 2 atom stereocenters. The molecule has 0 aromatic rings. The highest BCUT2D eigenvalue weighted by molar-refractivity contribution is 4.88. The van der Waals surface area contributed by atoms with Crippen molar-refractivity contribution in [3.8, 4) is 0 Å². The molecule has 1 heteroatoms. The molecule has 0 saturated carbocycles. The summed E-state index contributed by atoms with van der Waals surface area (Å²) in [6.45, 7) is 16.6. The molecule has 2 unspecified atom stereocenters. The predicted molar refractivity (Wildman–Crippen MR) is 63.4 cm³/mol. The molecule has 0 spiro atoms. The van der Waals surface area contributed by atoms with Gasteiger partial charge in [-0.3, -0.25) is 0 Å². The van der Waals surface area contributed by atoms with Crippen LogP contribution in [0.2, 0.25) is 0 Å². The summed E-state index contributed by atoms with van der Waals surface area (Å²) in [5, 5.41) is 3.60. The van der Waals surface area contributed by atoms with Crippen LogP contribution >= 0.6 is 0 Å². The number of nitrogens with one attached hydrogen (secondary N) is 1. The molecule has 1 heterocycles. The fourth-order valence-electron chi connectivity index (χ4n) is 2.26. The Labute approximate surface area is 89.7 Å². The first-order valence-corrected chi connectivity index (χ1v) is 5.92. The normalized spacial score (nSPS) is 30.4. The van der Waals surface area contributed by atoms with Crippen molar-refractivity contribution in [1.82, 2.24) is 5.32 Å². The molecule has 1 saturated heterocycles. The van der Waals surface area contributed by atoms with Gasteiger partial charge in [0.2, 0.25) is 0 Å². The quantitative estimate of drug-likeness (QED) is 0.628. The van der Waals surface area contributed by atoms with E-state index in [1.165, 1.54) is 19.5 Å². The molecule has 0 aliphatic carbocycles. The molecular formula is C13H27N. The Morgan fingerprint density at radius 3 is 1.43 bits per heavy atom. The summed E-state index contributed by atoms with van der Waals surface area (Å²) < 4.78 is 0. The summed E-state index contributed by atoms with van der Waals surface area (Å²) in [5.41, 5.74) is 0.911. The van der Waals surface area contributed by atoms with Crippen molar-refractivity contribution in [3.05, 3.63) is 0 Å². The highest BCUT2D eigenvalue weighted by Crippen LogP contribution is 2.39. The summed E-state index contributed by atoms with van der Waals surface area (Å²) in [6.07, 6.45) is 1.39. The van der Waals surface area contributed by atoms with E-state index in [9.17, 15) is 0 Å². The maximum atomic E-state index is 3.60. The first kappa shape index (κ1) is 12.0. The van der Waals surface area contributed by atoms with E-state index in [1.807, 2.05) is 0 Å². The third-order valence-corrected chi connectivity index (χ3v) is 3.80. The maximum Gasteiger partial charge on any atom is -0.00153 e. The Bertz CT molecular complexity index is 162. The van der Waals surface area contributed by atoms with Gasteiger partial charge < -0.3 is 5.32 Å². The maximum absolute atomic E-state index is 3.60. The Morgan fingerprint density at radius 1 is 0.786 bits per heavy atom. The molecular weight excluding hydrogens is 170 g/mol. The zero-order valence-electron chi connectivity index (χ0n) is 10.8. The number of hydrogen-bond donors (Lipinski definition) is 1. The third kappa shape index (κ3) is 2.98. The number of hydrogen-bond acceptors (Lipinski definition) is 1. The van der Waals surface area contributed by atoms with Gasteiger partial charge in [0.25, 0.3) is 0 Å². The first-order chi connectivity index (χ1) is 6.21. The van der Waals surface area contributed by atoms with Crippen LogP contribution in [0.1, 0.15) is 48.0 Å². The highest BCUT2D eigenvalue weighted by atomic mass is 14.9. The van der Waals surface area contributed by atoms with Crippen LogP contribution in [0, 0.1) is 22.7 Å². The molecule has 0 aromatic carbocycles. The molecule has 14 heavy (non-hydrogen) atoms. The van der Waals surface area contributed by atoms with Crippen molar-refractivity contribution in [2.75, 3.05) is 13.1 Å². The Kier molecular flexibility index (Phi) is 3.30. The van der Waals surface area contributed by atoms with Gasteiger partial charge in [-0.15, -0.1) is 0 Å². The fourth-order valence-corrected chi connectivity index (χ4v) is 2.26. The second kappa shape index (κ2) is 3.84. The minimum atomic E-state index is 0.455. The van der Waals surface area contributed by atoms with E-state index in [0.29, 0.717) is 10.8 Å². The Balaban J connectivity index is 2.61. The van der Waals surface area contributed by atoms with Crippen molar-refractivity contribution in [2.45, 2.75) is 48.0 Å². The molecule has 1 nitrogen and oxygen atoms in total. The van der Waals surface area contributed by atoms with Gasteiger partial charge in [0.15, 0.2) is 0 Å². The summed E-state index contributed by atoms with van der Waals surface area (Å²) in [7, 11) is 0. The van der Waals surface area contributed by atoms with Gasteiger partial charge in [-0.2, -0.15) is 0 Å². The van der Waals surface area contributed by atoms with E-state index in [-0.39, 0.29) is 0 Å². The van der Waals surface area contributed by atoms with Crippen LogP contribution in [-0.4, -0.2) is 13.1 Å². The van der Waals surface area contributed by atoms with Crippen molar-refractivity contribution >= 4 is 0 Å². The van der Waals surface area contributed by atoms with Crippen molar-refractivity contribution in [1.29, 1.82) is 0 Å². The zero-order valence-corrected chi connectivity index (χ0v) is 10.8. The van der Waals surface area contributed by atoms with E-state index >= 15 is 0 Å². The van der Waals surface area contributed by atoms with Crippen LogP contribution in [0.3, 0.4) is 0 Å². The lowest BCUT2D eigenvalue weighted by Crippen LogP contribution is -2.45. The monoisotopic (exact) mass is 197 g/mol. The Hall–Kier alpha value is -0.0400.